The van der Waals surface area contributed by atoms with E-state index < -0.39 is 0 Å². The van der Waals surface area contributed by atoms with Crippen LogP contribution in [-0.4, -0.2) is 13.2 Å². The Morgan fingerprint density at radius 3 is 2.37 bits per heavy atom. The first-order chi connectivity index (χ1) is 8.99. The van der Waals surface area contributed by atoms with Crippen molar-refractivity contribution >= 4 is 0 Å². The second-order valence-electron chi connectivity index (χ2n) is 5.69. The summed E-state index contributed by atoms with van der Waals surface area (Å²) in [7, 11) is 1.74. The van der Waals surface area contributed by atoms with Crippen LogP contribution in [0.4, 0.5) is 0 Å². The molecule has 2 nitrogen and oxygen atoms in total. The Morgan fingerprint density at radius 2 is 1.84 bits per heavy atom. The first-order valence-electron chi connectivity index (χ1n) is 7.40. The Labute approximate surface area is 118 Å². The van der Waals surface area contributed by atoms with Gasteiger partial charge in [-0.2, -0.15) is 0 Å². The molecule has 2 heteroatoms. The van der Waals surface area contributed by atoms with Crippen molar-refractivity contribution in [1.82, 2.24) is 5.32 Å². The summed E-state index contributed by atoms with van der Waals surface area (Å²) in [5, 5.41) is 3.70. The average molecular weight is 263 g/mol. The van der Waals surface area contributed by atoms with Gasteiger partial charge in [-0.1, -0.05) is 39.7 Å². The van der Waals surface area contributed by atoms with Gasteiger partial charge in [0.2, 0.25) is 0 Å². The van der Waals surface area contributed by atoms with E-state index in [0.717, 1.165) is 5.75 Å². The molecule has 0 radical (unpaired) electrons. The lowest BCUT2D eigenvalue weighted by atomic mass is 9.94. The lowest BCUT2D eigenvalue weighted by molar-refractivity contribution is 0.408. The lowest BCUT2D eigenvalue weighted by Gasteiger charge is -2.24. The molecule has 0 saturated carbocycles. The standard InChI is InChI=1S/C17H29NO/c1-7-8-9-16(18-12(2)3)15-10-14(5)17(19-6)11-13(15)4/h10-12,16,18H,7-9H2,1-6H3. The Bertz CT molecular complexity index is 398. The van der Waals surface area contributed by atoms with Gasteiger partial charge in [-0.05, 0) is 43.0 Å². The normalized spacial score (nSPS) is 12.8. The Morgan fingerprint density at radius 1 is 1.16 bits per heavy atom. The van der Waals surface area contributed by atoms with Crippen molar-refractivity contribution in [3.63, 3.8) is 0 Å². The van der Waals surface area contributed by atoms with E-state index in [4.69, 9.17) is 4.74 Å². The third-order valence-corrected chi connectivity index (χ3v) is 3.54. The molecular weight excluding hydrogens is 234 g/mol. The molecule has 1 unspecified atom stereocenters. The van der Waals surface area contributed by atoms with Crippen LogP contribution in [0.3, 0.4) is 0 Å². The topological polar surface area (TPSA) is 21.3 Å². The van der Waals surface area contributed by atoms with E-state index in [1.54, 1.807) is 7.11 Å². The van der Waals surface area contributed by atoms with Crippen molar-refractivity contribution in [2.45, 2.75) is 66.0 Å². The van der Waals surface area contributed by atoms with Gasteiger partial charge in [-0.25, -0.2) is 0 Å². The molecule has 0 saturated heterocycles. The molecule has 1 rings (SSSR count). The van der Waals surface area contributed by atoms with Crippen LogP contribution in [0.2, 0.25) is 0 Å². The Hall–Kier alpha value is -1.02. The van der Waals surface area contributed by atoms with Gasteiger partial charge in [0.25, 0.3) is 0 Å². The van der Waals surface area contributed by atoms with Crippen LogP contribution < -0.4 is 10.1 Å². The van der Waals surface area contributed by atoms with E-state index >= 15 is 0 Å². The van der Waals surface area contributed by atoms with Crippen molar-refractivity contribution < 1.29 is 4.74 Å². The minimum absolute atomic E-state index is 0.449. The zero-order valence-corrected chi connectivity index (χ0v) is 13.3. The first kappa shape index (κ1) is 16.0. The van der Waals surface area contributed by atoms with E-state index in [1.165, 1.54) is 36.0 Å². The molecular formula is C17H29NO. The van der Waals surface area contributed by atoms with E-state index in [9.17, 15) is 0 Å². The summed E-state index contributed by atoms with van der Waals surface area (Å²) < 4.78 is 5.40. The van der Waals surface area contributed by atoms with Crippen molar-refractivity contribution in [2.75, 3.05) is 7.11 Å². The zero-order chi connectivity index (χ0) is 14.4. The van der Waals surface area contributed by atoms with Gasteiger partial charge < -0.3 is 10.1 Å². The van der Waals surface area contributed by atoms with Crippen molar-refractivity contribution in [3.05, 3.63) is 28.8 Å². The number of methoxy groups -OCH3 is 1. The Kier molecular flexibility index (Phi) is 6.36. The average Bonchev–Trinajstić information content (AvgIpc) is 2.36. The molecule has 0 spiro atoms. The fourth-order valence-electron chi connectivity index (χ4n) is 2.55. The van der Waals surface area contributed by atoms with Crippen LogP contribution in [-0.2, 0) is 0 Å². The second-order valence-corrected chi connectivity index (χ2v) is 5.69. The molecule has 1 N–H and O–H groups in total. The van der Waals surface area contributed by atoms with Gasteiger partial charge in [0, 0.05) is 12.1 Å². The maximum atomic E-state index is 5.40. The quantitative estimate of drug-likeness (QED) is 0.779. The zero-order valence-electron chi connectivity index (χ0n) is 13.3. The van der Waals surface area contributed by atoms with Gasteiger partial charge in [-0.3, -0.25) is 0 Å². The minimum atomic E-state index is 0.449. The number of benzene rings is 1. The van der Waals surface area contributed by atoms with Crippen LogP contribution in [0.15, 0.2) is 12.1 Å². The molecule has 0 bridgehead atoms. The van der Waals surface area contributed by atoms with Crippen molar-refractivity contribution in [3.8, 4) is 5.75 Å². The highest BCUT2D eigenvalue weighted by Gasteiger charge is 2.16. The molecule has 0 aliphatic heterocycles. The molecule has 0 fully saturated rings. The maximum absolute atomic E-state index is 5.40. The Balaban J connectivity index is 3.03. The highest BCUT2D eigenvalue weighted by Crippen LogP contribution is 2.29. The number of hydrogen-bond acceptors (Lipinski definition) is 2. The molecule has 0 aromatic heterocycles. The number of aryl methyl sites for hydroxylation is 2. The van der Waals surface area contributed by atoms with Crippen molar-refractivity contribution in [2.24, 2.45) is 0 Å². The summed E-state index contributed by atoms with van der Waals surface area (Å²) >= 11 is 0. The largest absolute Gasteiger partial charge is 0.496 e. The number of unbranched alkanes of at least 4 members (excludes halogenated alkanes) is 1. The molecule has 1 aromatic rings. The third kappa shape index (κ3) is 4.54. The van der Waals surface area contributed by atoms with E-state index in [-0.39, 0.29) is 0 Å². The number of rotatable bonds is 7. The lowest BCUT2D eigenvalue weighted by Crippen LogP contribution is -2.28. The first-order valence-corrected chi connectivity index (χ1v) is 7.40. The van der Waals surface area contributed by atoms with Crippen LogP contribution in [0, 0.1) is 13.8 Å². The minimum Gasteiger partial charge on any atom is -0.496 e. The molecule has 0 aliphatic rings. The fraction of sp³-hybridized carbons (Fsp3) is 0.647. The van der Waals surface area contributed by atoms with Crippen LogP contribution >= 0.6 is 0 Å². The molecule has 1 aromatic carbocycles. The summed E-state index contributed by atoms with van der Waals surface area (Å²) in [6.07, 6.45) is 3.70. The van der Waals surface area contributed by atoms with Crippen LogP contribution in [0.25, 0.3) is 0 Å². The summed E-state index contributed by atoms with van der Waals surface area (Å²) in [6.45, 7) is 11.0. The van der Waals surface area contributed by atoms with Gasteiger partial charge in [0.1, 0.15) is 5.75 Å². The summed E-state index contributed by atoms with van der Waals surface area (Å²) in [5.74, 6) is 0.986. The highest BCUT2D eigenvalue weighted by molar-refractivity contribution is 5.42. The van der Waals surface area contributed by atoms with Crippen LogP contribution in [0.1, 0.15) is 62.8 Å². The molecule has 19 heavy (non-hydrogen) atoms. The molecule has 0 amide bonds. The predicted octanol–water partition coefficient (Wildman–Crippen LogP) is 4.54. The molecule has 0 heterocycles. The SMILES string of the molecule is CCCCC(NC(C)C)c1cc(C)c(OC)cc1C. The van der Waals surface area contributed by atoms with E-state index in [1.807, 2.05) is 0 Å². The van der Waals surface area contributed by atoms with E-state index in [0.29, 0.717) is 12.1 Å². The second kappa shape index (κ2) is 7.54. The monoisotopic (exact) mass is 263 g/mol. The fourth-order valence-corrected chi connectivity index (χ4v) is 2.55. The predicted molar refractivity (Wildman–Crippen MR) is 83.0 cm³/mol. The van der Waals surface area contributed by atoms with Crippen LogP contribution in [0.5, 0.6) is 5.75 Å². The smallest absolute Gasteiger partial charge is 0.122 e. The van der Waals surface area contributed by atoms with Gasteiger partial charge >= 0.3 is 0 Å². The molecule has 108 valence electrons. The number of hydrogen-bond donors (Lipinski definition) is 1. The number of ether oxygens (including phenoxy) is 1. The van der Waals surface area contributed by atoms with Crippen molar-refractivity contribution in [1.29, 1.82) is 0 Å². The highest BCUT2D eigenvalue weighted by atomic mass is 16.5. The van der Waals surface area contributed by atoms with Gasteiger partial charge in [-0.15, -0.1) is 0 Å². The third-order valence-electron chi connectivity index (χ3n) is 3.54. The maximum Gasteiger partial charge on any atom is 0.122 e. The molecule has 0 aliphatic carbocycles. The van der Waals surface area contributed by atoms with Gasteiger partial charge in [0.15, 0.2) is 0 Å². The summed E-state index contributed by atoms with van der Waals surface area (Å²) in [6, 6.07) is 5.39. The number of nitrogens with one attached hydrogen (secondary N) is 1. The summed E-state index contributed by atoms with van der Waals surface area (Å²) in [4.78, 5) is 0. The summed E-state index contributed by atoms with van der Waals surface area (Å²) in [5.41, 5.74) is 3.95. The van der Waals surface area contributed by atoms with E-state index in [2.05, 4.69) is 52.1 Å². The molecule has 1 atom stereocenters. The van der Waals surface area contributed by atoms with Gasteiger partial charge in [0.05, 0.1) is 7.11 Å².